The molecular weight excluding hydrogens is 318 g/mol. The second-order valence-corrected chi connectivity index (χ2v) is 5.06. The molecule has 1 aromatic heterocycles. The van der Waals surface area contributed by atoms with Crippen LogP contribution in [0.15, 0.2) is 24.3 Å². The number of aryl methyl sites for hydroxylation is 1. The topological polar surface area (TPSA) is 133 Å². The first-order chi connectivity index (χ1) is 11.3. The number of carbonyl (C=O) groups excluding carboxylic acids is 1. The summed E-state index contributed by atoms with van der Waals surface area (Å²) < 4.78 is 1.45. The maximum Gasteiger partial charge on any atom is 0.312 e. The van der Waals surface area contributed by atoms with E-state index in [1.807, 2.05) is 0 Å². The van der Waals surface area contributed by atoms with Crippen LogP contribution in [0.3, 0.4) is 0 Å². The second-order valence-electron chi connectivity index (χ2n) is 5.06. The van der Waals surface area contributed by atoms with Crippen LogP contribution in [-0.4, -0.2) is 32.1 Å². The van der Waals surface area contributed by atoms with Crippen LogP contribution in [0.2, 0.25) is 0 Å². The van der Waals surface area contributed by atoms with Crippen molar-refractivity contribution in [2.75, 3.05) is 6.54 Å². The van der Waals surface area contributed by atoms with Gasteiger partial charge in [-0.25, -0.2) is 0 Å². The minimum atomic E-state index is -0.578. The Balaban J connectivity index is 2.01. The van der Waals surface area contributed by atoms with Crippen molar-refractivity contribution in [3.05, 3.63) is 61.4 Å². The molecule has 24 heavy (non-hydrogen) atoms. The van der Waals surface area contributed by atoms with Gasteiger partial charge in [0, 0.05) is 24.2 Å². The van der Waals surface area contributed by atoms with Gasteiger partial charge in [0.05, 0.1) is 16.4 Å². The van der Waals surface area contributed by atoms with Gasteiger partial charge in [-0.3, -0.25) is 29.7 Å². The lowest BCUT2D eigenvalue weighted by Gasteiger charge is -2.06. The summed E-state index contributed by atoms with van der Waals surface area (Å²) in [5, 5.41) is 28.3. The van der Waals surface area contributed by atoms with Crippen molar-refractivity contribution in [2.24, 2.45) is 0 Å². The maximum absolute atomic E-state index is 12.0. The first-order valence-electron chi connectivity index (χ1n) is 7.02. The van der Waals surface area contributed by atoms with E-state index in [4.69, 9.17) is 0 Å². The Morgan fingerprint density at radius 1 is 1.25 bits per heavy atom. The Bertz CT molecular complexity index is 814. The molecule has 1 amide bonds. The molecule has 0 bridgehead atoms. The number of nitrogens with one attached hydrogen (secondary N) is 1. The van der Waals surface area contributed by atoms with Crippen LogP contribution in [-0.2, 0) is 6.54 Å². The molecule has 0 unspecified atom stereocenters. The van der Waals surface area contributed by atoms with E-state index in [1.54, 1.807) is 13.8 Å². The van der Waals surface area contributed by atoms with Crippen LogP contribution in [0.1, 0.15) is 21.7 Å². The van der Waals surface area contributed by atoms with Crippen molar-refractivity contribution in [1.29, 1.82) is 0 Å². The summed E-state index contributed by atoms with van der Waals surface area (Å²) in [7, 11) is 0. The van der Waals surface area contributed by atoms with E-state index in [9.17, 15) is 25.0 Å². The molecule has 0 fully saturated rings. The van der Waals surface area contributed by atoms with Gasteiger partial charge in [-0.2, -0.15) is 5.10 Å². The number of hydrogen-bond donors (Lipinski definition) is 1. The third-order valence-electron chi connectivity index (χ3n) is 3.45. The first kappa shape index (κ1) is 17.1. The van der Waals surface area contributed by atoms with Crippen molar-refractivity contribution < 1.29 is 14.6 Å². The number of nitro benzene ring substituents is 1. The minimum absolute atomic E-state index is 0.0417. The molecule has 1 N–H and O–H groups in total. The quantitative estimate of drug-likeness (QED) is 0.632. The molecule has 10 heteroatoms. The SMILES string of the molecule is Cc1nn(CCNC(=O)c2cccc([N+](=O)[O-])c2)c(C)c1[N+](=O)[O-]. The third kappa shape index (κ3) is 3.54. The molecule has 2 rings (SSSR count). The van der Waals surface area contributed by atoms with Gasteiger partial charge in [0.2, 0.25) is 0 Å². The van der Waals surface area contributed by atoms with Gasteiger partial charge in [0.1, 0.15) is 11.4 Å². The van der Waals surface area contributed by atoms with E-state index in [0.717, 1.165) is 0 Å². The van der Waals surface area contributed by atoms with Crippen LogP contribution < -0.4 is 5.32 Å². The summed E-state index contributed by atoms with van der Waals surface area (Å²) in [6.07, 6.45) is 0. The van der Waals surface area contributed by atoms with Crippen LogP contribution in [0.5, 0.6) is 0 Å². The summed E-state index contributed by atoms with van der Waals surface area (Å²) >= 11 is 0. The van der Waals surface area contributed by atoms with Crippen LogP contribution in [0.4, 0.5) is 11.4 Å². The second kappa shape index (κ2) is 6.86. The van der Waals surface area contributed by atoms with Crippen molar-refractivity contribution in [2.45, 2.75) is 20.4 Å². The number of carbonyl (C=O) groups is 1. The van der Waals surface area contributed by atoms with Crippen molar-refractivity contribution >= 4 is 17.3 Å². The highest BCUT2D eigenvalue weighted by molar-refractivity contribution is 5.94. The monoisotopic (exact) mass is 333 g/mol. The lowest BCUT2D eigenvalue weighted by atomic mass is 10.2. The fourth-order valence-corrected chi connectivity index (χ4v) is 2.31. The van der Waals surface area contributed by atoms with Gasteiger partial charge < -0.3 is 5.32 Å². The molecule has 0 atom stereocenters. The zero-order valence-electron chi connectivity index (χ0n) is 13.1. The largest absolute Gasteiger partial charge is 0.350 e. The highest BCUT2D eigenvalue weighted by Crippen LogP contribution is 2.21. The molecular formula is C14H15N5O5. The van der Waals surface area contributed by atoms with E-state index in [1.165, 1.54) is 28.9 Å². The molecule has 0 radical (unpaired) electrons. The Kier molecular flexibility index (Phi) is 4.87. The molecule has 126 valence electrons. The van der Waals surface area contributed by atoms with Gasteiger partial charge in [0.15, 0.2) is 0 Å². The Morgan fingerprint density at radius 2 is 1.96 bits per heavy atom. The van der Waals surface area contributed by atoms with Gasteiger partial charge in [0.25, 0.3) is 11.6 Å². The number of amides is 1. The molecule has 0 aliphatic rings. The fraction of sp³-hybridized carbons (Fsp3) is 0.286. The van der Waals surface area contributed by atoms with Gasteiger partial charge in [-0.1, -0.05) is 6.07 Å². The van der Waals surface area contributed by atoms with Crippen molar-refractivity contribution in [3.63, 3.8) is 0 Å². The Hall–Kier alpha value is -3.30. The average molecular weight is 333 g/mol. The van der Waals surface area contributed by atoms with E-state index < -0.39 is 15.8 Å². The summed E-state index contributed by atoms with van der Waals surface area (Å²) in [6.45, 7) is 3.56. The summed E-state index contributed by atoms with van der Waals surface area (Å²) in [6, 6.07) is 5.38. The molecule has 2 aromatic rings. The molecule has 1 aromatic carbocycles. The average Bonchev–Trinajstić information content (AvgIpc) is 2.81. The van der Waals surface area contributed by atoms with E-state index >= 15 is 0 Å². The van der Waals surface area contributed by atoms with Crippen LogP contribution >= 0.6 is 0 Å². The minimum Gasteiger partial charge on any atom is -0.350 e. The van der Waals surface area contributed by atoms with E-state index in [0.29, 0.717) is 11.4 Å². The number of aromatic nitrogens is 2. The molecule has 0 saturated heterocycles. The number of hydrogen-bond acceptors (Lipinski definition) is 6. The molecule has 0 spiro atoms. The zero-order valence-corrected chi connectivity index (χ0v) is 13.1. The van der Waals surface area contributed by atoms with Gasteiger partial charge in [-0.05, 0) is 19.9 Å². The zero-order chi connectivity index (χ0) is 17.9. The maximum atomic E-state index is 12.0. The molecule has 0 aliphatic heterocycles. The van der Waals surface area contributed by atoms with Gasteiger partial charge in [-0.15, -0.1) is 0 Å². The predicted molar refractivity (Wildman–Crippen MR) is 83.8 cm³/mol. The number of benzene rings is 1. The molecule has 0 aliphatic carbocycles. The fourth-order valence-electron chi connectivity index (χ4n) is 2.31. The Morgan fingerprint density at radius 3 is 2.54 bits per heavy atom. The van der Waals surface area contributed by atoms with E-state index in [-0.39, 0.29) is 30.0 Å². The lowest BCUT2D eigenvalue weighted by molar-refractivity contribution is -0.386. The van der Waals surface area contributed by atoms with Crippen LogP contribution in [0, 0.1) is 34.1 Å². The third-order valence-corrected chi connectivity index (χ3v) is 3.45. The standard InChI is InChI=1S/C14H15N5O5/c1-9-13(19(23)24)10(2)17(16-9)7-6-15-14(20)11-4-3-5-12(8-11)18(21)22/h3-5,8H,6-7H2,1-2H3,(H,15,20). The normalized spacial score (nSPS) is 10.4. The summed E-state index contributed by atoms with van der Waals surface area (Å²) in [5.41, 5.74) is 0.671. The summed E-state index contributed by atoms with van der Waals surface area (Å²) in [5.74, 6) is -0.463. The summed E-state index contributed by atoms with van der Waals surface area (Å²) in [4.78, 5) is 32.6. The van der Waals surface area contributed by atoms with E-state index in [2.05, 4.69) is 10.4 Å². The van der Waals surface area contributed by atoms with Crippen LogP contribution in [0.25, 0.3) is 0 Å². The number of nitrogens with zero attached hydrogens (tertiary/aromatic N) is 4. The highest BCUT2D eigenvalue weighted by atomic mass is 16.6. The molecule has 0 saturated carbocycles. The number of rotatable bonds is 6. The molecule has 10 nitrogen and oxygen atoms in total. The van der Waals surface area contributed by atoms with Crippen molar-refractivity contribution in [1.82, 2.24) is 15.1 Å². The van der Waals surface area contributed by atoms with Gasteiger partial charge >= 0.3 is 5.69 Å². The number of non-ortho nitro benzene ring substituents is 1. The predicted octanol–water partition coefficient (Wildman–Crippen LogP) is 1.75. The lowest BCUT2D eigenvalue weighted by Crippen LogP contribution is -2.27. The molecule has 1 heterocycles. The first-order valence-corrected chi connectivity index (χ1v) is 7.02. The van der Waals surface area contributed by atoms with Crippen molar-refractivity contribution in [3.8, 4) is 0 Å². The smallest absolute Gasteiger partial charge is 0.312 e. The highest BCUT2D eigenvalue weighted by Gasteiger charge is 2.21. The number of nitro groups is 2. The Labute approximate surface area is 136 Å².